The Morgan fingerprint density at radius 2 is 1.65 bits per heavy atom. The fraction of sp³-hybridized carbons (Fsp3) is 0.462. The van der Waals surface area contributed by atoms with E-state index in [-0.39, 0.29) is 5.04 Å². The number of aromatic nitrogens is 1. The van der Waals surface area contributed by atoms with Crippen molar-refractivity contribution in [3.63, 3.8) is 0 Å². The Morgan fingerprint density at radius 1 is 0.968 bits per heavy atom. The number of hydrogen-bond acceptors (Lipinski definition) is 3. The summed E-state index contributed by atoms with van der Waals surface area (Å²) in [6.07, 6.45) is 3.18. The first-order chi connectivity index (χ1) is 14.7. The average Bonchev–Trinajstić information content (AvgIpc) is 3.14. The van der Waals surface area contributed by atoms with E-state index in [0.717, 1.165) is 32.7 Å². The van der Waals surface area contributed by atoms with Gasteiger partial charge in [0.05, 0.1) is 0 Å². The van der Waals surface area contributed by atoms with Crippen molar-refractivity contribution in [3.8, 4) is 0 Å². The molecule has 0 aliphatic carbocycles. The van der Waals surface area contributed by atoms with Gasteiger partial charge in [-0.1, -0.05) is 63.2 Å². The third kappa shape index (κ3) is 6.29. The summed E-state index contributed by atoms with van der Waals surface area (Å²) in [5.74, 6) is 0. The first-order valence-corrected chi connectivity index (χ1v) is 14.3. The van der Waals surface area contributed by atoms with E-state index in [4.69, 9.17) is 10.2 Å². The maximum Gasteiger partial charge on any atom is 0.192 e. The Morgan fingerprint density at radius 3 is 2.32 bits per heavy atom. The SMILES string of the molecule is CC(C)(C)[Si](C)(C)OCCN(CCc1c[nH]c2ccccc12)Cc1ccc(CN)cc1. The van der Waals surface area contributed by atoms with Crippen LogP contribution in [0.25, 0.3) is 10.9 Å². The summed E-state index contributed by atoms with van der Waals surface area (Å²) in [7, 11) is -1.73. The maximum atomic E-state index is 6.48. The highest BCUT2D eigenvalue weighted by Crippen LogP contribution is 2.36. The number of fused-ring (bicyclic) bond motifs is 1. The molecule has 1 heterocycles. The number of nitrogens with two attached hydrogens (primary N) is 1. The number of nitrogens with one attached hydrogen (secondary N) is 1. The Kier molecular flexibility index (Phi) is 7.76. The van der Waals surface area contributed by atoms with Gasteiger partial charge in [-0.25, -0.2) is 0 Å². The van der Waals surface area contributed by atoms with Crippen molar-refractivity contribution in [2.75, 3.05) is 19.7 Å². The van der Waals surface area contributed by atoms with Gasteiger partial charge in [0.15, 0.2) is 8.32 Å². The molecule has 0 spiro atoms. The van der Waals surface area contributed by atoms with Crippen molar-refractivity contribution in [1.82, 2.24) is 9.88 Å². The van der Waals surface area contributed by atoms with Crippen molar-refractivity contribution in [2.45, 2.75) is 58.4 Å². The third-order valence-electron chi connectivity index (χ3n) is 6.71. The van der Waals surface area contributed by atoms with E-state index in [0.29, 0.717) is 6.54 Å². The highest BCUT2D eigenvalue weighted by atomic mass is 28.4. The molecule has 31 heavy (non-hydrogen) atoms. The number of aromatic amines is 1. The third-order valence-corrected chi connectivity index (χ3v) is 11.3. The van der Waals surface area contributed by atoms with Gasteiger partial charge in [-0.2, -0.15) is 0 Å². The first-order valence-electron chi connectivity index (χ1n) is 11.4. The quantitative estimate of drug-likeness (QED) is 0.400. The van der Waals surface area contributed by atoms with Gasteiger partial charge in [0.25, 0.3) is 0 Å². The monoisotopic (exact) mass is 437 g/mol. The van der Waals surface area contributed by atoms with E-state index in [1.807, 2.05) is 0 Å². The molecule has 3 N–H and O–H groups in total. The Hall–Kier alpha value is -1.92. The molecule has 3 rings (SSSR count). The van der Waals surface area contributed by atoms with Crippen LogP contribution in [-0.4, -0.2) is 37.9 Å². The summed E-state index contributed by atoms with van der Waals surface area (Å²) in [6, 6.07) is 17.2. The first kappa shape index (κ1) is 23.7. The molecule has 0 saturated heterocycles. The van der Waals surface area contributed by atoms with Crippen LogP contribution >= 0.6 is 0 Å². The van der Waals surface area contributed by atoms with Gasteiger partial charge in [-0.15, -0.1) is 0 Å². The van der Waals surface area contributed by atoms with E-state index < -0.39 is 8.32 Å². The van der Waals surface area contributed by atoms with Gasteiger partial charge >= 0.3 is 0 Å². The minimum Gasteiger partial charge on any atom is -0.416 e. The molecule has 2 aromatic carbocycles. The fourth-order valence-corrected chi connectivity index (χ4v) is 4.61. The molecule has 0 bridgehead atoms. The van der Waals surface area contributed by atoms with Gasteiger partial charge in [0.1, 0.15) is 0 Å². The lowest BCUT2D eigenvalue weighted by molar-refractivity contribution is 0.194. The van der Waals surface area contributed by atoms with Gasteiger partial charge in [-0.3, -0.25) is 4.90 Å². The molecule has 3 aromatic rings. The zero-order valence-electron chi connectivity index (χ0n) is 19.9. The number of hydrogen-bond donors (Lipinski definition) is 2. The molecule has 0 saturated carbocycles. The van der Waals surface area contributed by atoms with Gasteiger partial charge in [-0.05, 0) is 47.3 Å². The highest BCUT2D eigenvalue weighted by molar-refractivity contribution is 6.74. The van der Waals surface area contributed by atoms with Crippen LogP contribution in [0, 0.1) is 0 Å². The summed E-state index contributed by atoms with van der Waals surface area (Å²) in [5, 5.41) is 1.56. The molecule has 0 radical (unpaired) electrons. The summed E-state index contributed by atoms with van der Waals surface area (Å²) >= 11 is 0. The van der Waals surface area contributed by atoms with Crippen LogP contribution in [0.4, 0.5) is 0 Å². The van der Waals surface area contributed by atoms with Crippen molar-refractivity contribution in [2.24, 2.45) is 5.73 Å². The van der Waals surface area contributed by atoms with Crippen LogP contribution in [-0.2, 0) is 23.9 Å². The second-order valence-electron chi connectivity index (χ2n) is 10.0. The molecule has 1 aromatic heterocycles. The van der Waals surface area contributed by atoms with E-state index in [1.165, 1.54) is 27.6 Å². The molecular formula is C26H39N3OSi. The smallest absolute Gasteiger partial charge is 0.192 e. The zero-order chi connectivity index (χ0) is 22.5. The molecule has 0 amide bonds. The fourth-order valence-electron chi connectivity index (χ4n) is 3.57. The Bertz CT molecular complexity index is 957. The van der Waals surface area contributed by atoms with Crippen molar-refractivity contribution < 1.29 is 4.43 Å². The summed E-state index contributed by atoms with van der Waals surface area (Å²) < 4.78 is 6.48. The van der Waals surface area contributed by atoms with Crippen LogP contribution in [0.15, 0.2) is 54.7 Å². The largest absolute Gasteiger partial charge is 0.416 e. The molecule has 0 fully saturated rings. The molecule has 0 aliphatic heterocycles. The predicted octanol–water partition coefficient (Wildman–Crippen LogP) is 5.69. The van der Waals surface area contributed by atoms with Crippen molar-refractivity contribution in [1.29, 1.82) is 0 Å². The number of para-hydroxylation sites is 1. The van der Waals surface area contributed by atoms with Crippen molar-refractivity contribution >= 4 is 19.2 Å². The maximum absolute atomic E-state index is 6.48. The highest BCUT2D eigenvalue weighted by Gasteiger charge is 2.36. The van der Waals surface area contributed by atoms with Crippen molar-refractivity contribution in [3.05, 3.63) is 71.4 Å². The van der Waals surface area contributed by atoms with Crippen LogP contribution in [0.2, 0.25) is 18.1 Å². The number of H-pyrrole nitrogens is 1. The number of benzene rings is 2. The number of rotatable bonds is 10. The van der Waals surface area contributed by atoms with Crippen LogP contribution < -0.4 is 5.73 Å². The molecule has 168 valence electrons. The minimum absolute atomic E-state index is 0.236. The lowest BCUT2D eigenvalue weighted by atomic mass is 10.1. The minimum atomic E-state index is -1.73. The average molecular weight is 438 g/mol. The summed E-state index contributed by atoms with van der Waals surface area (Å²) in [5.41, 5.74) is 10.9. The van der Waals surface area contributed by atoms with Crippen LogP contribution in [0.3, 0.4) is 0 Å². The topological polar surface area (TPSA) is 54.3 Å². The molecule has 0 aliphatic rings. The van der Waals surface area contributed by atoms with Crippen LogP contribution in [0.5, 0.6) is 0 Å². The van der Waals surface area contributed by atoms with E-state index in [1.54, 1.807) is 0 Å². The standard InChI is InChI=1S/C26H39N3OSi/c1-26(2,3)31(4,5)30-17-16-29(20-22-12-10-21(18-27)11-13-22)15-14-23-19-28-25-9-7-6-8-24(23)25/h6-13,19,28H,14-18,20,27H2,1-5H3. The molecule has 5 heteroatoms. The predicted molar refractivity (Wildman–Crippen MR) is 135 cm³/mol. The zero-order valence-corrected chi connectivity index (χ0v) is 20.9. The van der Waals surface area contributed by atoms with E-state index in [2.05, 4.69) is 98.5 Å². The Balaban J connectivity index is 1.67. The number of nitrogens with zero attached hydrogens (tertiary/aromatic N) is 1. The second kappa shape index (κ2) is 10.1. The second-order valence-corrected chi connectivity index (χ2v) is 14.8. The summed E-state index contributed by atoms with van der Waals surface area (Å²) in [6.45, 7) is 15.8. The molecule has 0 unspecified atom stereocenters. The molecule has 4 nitrogen and oxygen atoms in total. The molecule has 0 atom stereocenters. The van der Waals surface area contributed by atoms with Gasteiger partial charge < -0.3 is 15.1 Å². The lowest BCUT2D eigenvalue weighted by Gasteiger charge is -2.37. The van der Waals surface area contributed by atoms with Gasteiger partial charge in [0.2, 0.25) is 0 Å². The van der Waals surface area contributed by atoms with Crippen LogP contribution in [0.1, 0.15) is 37.5 Å². The van der Waals surface area contributed by atoms with Gasteiger partial charge in [0, 0.05) is 49.9 Å². The van der Waals surface area contributed by atoms with E-state index >= 15 is 0 Å². The molecular weight excluding hydrogens is 398 g/mol. The summed E-state index contributed by atoms with van der Waals surface area (Å²) in [4.78, 5) is 5.92. The normalized spacial score (nSPS) is 12.7. The Labute approximate surface area is 188 Å². The van der Waals surface area contributed by atoms with E-state index in [9.17, 15) is 0 Å². The lowest BCUT2D eigenvalue weighted by Crippen LogP contribution is -2.43.